The maximum absolute atomic E-state index is 14.2. The highest BCUT2D eigenvalue weighted by Crippen LogP contribution is 2.29. The number of nitrogens with zero attached hydrogens (tertiary/aromatic N) is 1. The zero-order chi connectivity index (χ0) is 14.1. The number of benzene rings is 1. The predicted molar refractivity (Wildman–Crippen MR) is 76.8 cm³/mol. The summed E-state index contributed by atoms with van der Waals surface area (Å²) in [5.41, 5.74) is 0.855. The van der Waals surface area contributed by atoms with Gasteiger partial charge in [-0.05, 0) is 49.3 Å². The van der Waals surface area contributed by atoms with E-state index in [1.807, 2.05) is 4.90 Å². The molecule has 0 radical (unpaired) electrons. The van der Waals surface area contributed by atoms with E-state index in [2.05, 4.69) is 12.2 Å². The molecule has 1 aromatic carbocycles. The van der Waals surface area contributed by atoms with Crippen molar-refractivity contribution in [2.75, 3.05) is 18.0 Å². The first-order valence-corrected chi connectivity index (χ1v) is 7.59. The molecule has 2 nitrogen and oxygen atoms in total. The zero-order valence-corrected chi connectivity index (χ0v) is 12.0. The summed E-state index contributed by atoms with van der Waals surface area (Å²) < 4.78 is 28.4. The number of halogens is 2. The monoisotopic (exact) mass is 280 g/mol. The highest BCUT2D eigenvalue weighted by molar-refractivity contribution is 5.51. The van der Waals surface area contributed by atoms with Crippen LogP contribution in [-0.4, -0.2) is 19.1 Å². The summed E-state index contributed by atoms with van der Waals surface area (Å²) in [6, 6.07) is 3.50. The zero-order valence-electron chi connectivity index (χ0n) is 12.0. The van der Waals surface area contributed by atoms with Crippen molar-refractivity contribution in [3.63, 3.8) is 0 Å². The Morgan fingerprint density at radius 2 is 1.70 bits per heavy atom. The molecule has 1 aliphatic carbocycles. The summed E-state index contributed by atoms with van der Waals surface area (Å²) in [6.07, 6.45) is 4.36. The molecule has 4 heteroatoms. The Balaban J connectivity index is 1.73. The molecular formula is C16H22F2N2. The minimum Gasteiger partial charge on any atom is -0.367 e. The topological polar surface area (TPSA) is 15.3 Å². The quantitative estimate of drug-likeness (QED) is 0.908. The molecule has 2 fully saturated rings. The number of piperidine rings is 1. The lowest BCUT2D eigenvalue weighted by atomic mass is 9.98. The molecule has 0 aromatic heterocycles. The van der Waals surface area contributed by atoms with E-state index in [1.54, 1.807) is 0 Å². The summed E-state index contributed by atoms with van der Waals surface area (Å²) in [6.45, 7) is 4.23. The van der Waals surface area contributed by atoms with E-state index in [4.69, 9.17) is 0 Å². The molecule has 20 heavy (non-hydrogen) atoms. The van der Waals surface area contributed by atoms with E-state index in [0.717, 1.165) is 25.9 Å². The van der Waals surface area contributed by atoms with E-state index in [0.29, 0.717) is 24.1 Å². The van der Waals surface area contributed by atoms with Gasteiger partial charge in [-0.25, -0.2) is 8.78 Å². The molecule has 0 amide bonds. The van der Waals surface area contributed by atoms with Crippen LogP contribution in [0.2, 0.25) is 0 Å². The van der Waals surface area contributed by atoms with Crippen LogP contribution in [0.4, 0.5) is 14.5 Å². The molecule has 0 spiro atoms. The van der Waals surface area contributed by atoms with Crippen LogP contribution in [0.1, 0.15) is 38.2 Å². The van der Waals surface area contributed by atoms with Gasteiger partial charge in [0, 0.05) is 25.7 Å². The van der Waals surface area contributed by atoms with Gasteiger partial charge in [-0.2, -0.15) is 0 Å². The molecule has 1 saturated heterocycles. The Bertz CT molecular complexity index is 454. The summed E-state index contributed by atoms with van der Waals surface area (Å²) >= 11 is 0. The van der Waals surface area contributed by atoms with Gasteiger partial charge in [0.1, 0.15) is 17.3 Å². The van der Waals surface area contributed by atoms with Gasteiger partial charge >= 0.3 is 0 Å². The lowest BCUT2D eigenvalue weighted by molar-refractivity contribution is 0.429. The Kier molecular flexibility index (Phi) is 3.92. The number of nitrogens with one attached hydrogen (secondary N) is 1. The van der Waals surface area contributed by atoms with Crippen molar-refractivity contribution in [1.29, 1.82) is 0 Å². The Morgan fingerprint density at radius 3 is 2.25 bits per heavy atom. The fourth-order valence-corrected chi connectivity index (χ4v) is 2.80. The lowest BCUT2D eigenvalue weighted by Crippen LogP contribution is -2.34. The first-order chi connectivity index (χ1) is 9.63. The molecule has 1 N–H and O–H groups in total. The van der Waals surface area contributed by atoms with Gasteiger partial charge < -0.3 is 10.2 Å². The summed E-state index contributed by atoms with van der Waals surface area (Å²) in [7, 11) is 0. The molecule has 0 bridgehead atoms. The largest absolute Gasteiger partial charge is 0.367 e. The SMILES string of the molecule is CC1CCN(c2c(F)cc(CNC3CC3)cc2F)CC1. The second kappa shape index (κ2) is 5.68. The number of anilines is 1. The van der Waals surface area contributed by atoms with E-state index < -0.39 is 11.6 Å². The molecule has 3 rings (SSSR count). The van der Waals surface area contributed by atoms with E-state index in [-0.39, 0.29) is 5.69 Å². The molecule has 110 valence electrons. The van der Waals surface area contributed by atoms with Gasteiger partial charge in [-0.15, -0.1) is 0 Å². The van der Waals surface area contributed by atoms with Crippen LogP contribution < -0.4 is 10.2 Å². The fourth-order valence-electron chi connectivity index (χ4n) is 2.80. The molecule has 2 aliphatic rings. The van der Waals surface area contributed by atoms with Crippen LogP contribution in [0.3, 0.4) is 0 Å². The molecule has 0 atom stereocenters. The Hall–Kier alpha value is -1.16. The normalized spacial score (nSPS) is 20.4. The van der Waals surface area contributed by atoms with Crippen LogP contribution in [0, 0.1) is 17.6 Å². The number of rotatable bonds is 4. The third kappa shape index (κ3) is 3.11. The molecule has 0 unspecified atom stereocenters. The van der Waals surface area contributed by atoms with Gasteiger partial charge in [0.25, 0.3) is 0 Å². The molecule has 1 heterocycles. The number of hydrogen-bond donors (Lipinski definition) is 1. The highest BCUT2D eigenvalue weighted by Gasteiger charge is 2.23. The fraction of sp³-hybridized carbons (Fsp3) is 0.625. The van der Waals surface area contributed by atoms with Crippen LogP contribution in [0.15, 0.2) is 12.1 Å². The predicted octanol–water partition coefficient (Wildman–Crippen LogP) is 3.45. The minimum atomic E-state index is -0.424. The second-order valence-electron chi connectivity index (χ2n) is 6.23. The van der Waals surface area contributed by atoms with E-state index in [1.165, 1.54) is 25.0 Å². The molecular weight excluding hydrogens is 258 g/mol. The van der Waals surface area contributed by atoms with Gasteiger partial charge in [0.15, 0.2) is 0 Å². The Labute approximate surface area is 119 Å². The van der Waals surface area contributed by atoms with Crippen LogP contribution in [-0.2, 0) is 6.54 Å². The standard InChI is InChI=1S/C16H22F2N2/c1-11-4-6-20(7-5-11)16-14(17)8-12(9-15(16)18)10-19-13-2-3-13/h8-9,11,13,19H,2-7,10H2,1H3. The summed E-state index contributed by atoms with van der Waals surface area (Å²) in [4.78, 5) is 1.85. The highest BCUT2D eigenvalue weighted by atomic mass is 19.1. The van der Waals surface area contributed by atoms with Crippen molar-refractivity contribution in [1.82, 2.24) is 5.32 Å². The molecule has 1 aliphatic heterocycles. The summed E-state index contributed by atoms with van der Waals surface area (Å²) in [5, 5.41) is 3.29. The van der Waals surface area contributed by atoms with Crippen molar-refractivity contribution >= 4 is 5.69 Å². The average Bonchev–Trinajstić information content (AvgIpc) is 3.22. The van der Waals surface area contributed by atoms with Crippen molar-refractivity contribution in [3.05, 3.63) is 29.3 Å². The third-order valence-corrected chi connectivity index (χ3v) is 4.35. The van der Waals surface area contributed by atoms with Crippen LogP contribution in [0.25, 0.3) is 0 Å². The first-order valence-electron chi connectivity index (χ1n) is 7.59. The van der Waals surface area contributed by atoms with Gasteiger partial charge in [-0.1, -0.05) is 6.92 Å². The van der Waals surface area contributed by atoms with Crippen LogP contribution in [0.5, 0.6) is 0 Å². The van der Waals surface area contributed by atoms with Gasteiger partial charge in [0.2, 0.25) is 0 Å². The maximum atomic E-state index is 14.2. The van der Waals surface area contributed by atoms with Gasteiger partial charge in [-0.3, -0.25) is 0 Å². The third-order valence-electron chi connectivity index (χ3n) is 4.35. The lowest BCUT2D eigenvalue weighted by Gasteiger charge is -2.32. The minimum absolute atomic E-state index is 0.159. The smallest absolute Gasteiger partial charge is 0.149 e. The maximum Gasteiger partial charge on any atom is 0.149 e. The van der Waals surface area contributed by atoms with Crippen molar-refractivity contribution in [2.45, 2.75) is 45.2 Å². The molecule has 1 saturated carbocycles. The van der Waals surface area contributed by atoms with E-state index >= 15 is 0 Å². The second-order valence-corrected chi connectivity index (χ2v) is 6.23. The van der Waals surface area contributed by atoms with Crippen LogP contribution >= 0.6 is 0 Å². The first kappa shape index (κ1) is 13.8. The van der Waals surface area contributed by atoms with Crippen molar-refractivity contribution < 1.29 is 8.78 Å². The summed E-state index contributed by atoms with van der Waals surface area (Å²) in [5.74, 6) is -0.196. The van der Waals surface area contributed by atoms with Crippen molar-refractivity contribution in [2.24, 2.45) is 5.92 Å². The Morgan fingerprint density at radius 1 is 1.10 bits per heavy atom. The average molecular weight is 280 g/mol. The number of hydrogen-bond acceptors (Lipinski definition) is 2. The molecule has 1 aromatic rings. The van der Waals surface area contributed by atoms with E-state index in [9.17, 15) is 8.78 Å². The van der Waals surface area contributed by atoms with Crippen molar-refractivity contribution in [3.8, 4) is 0 Å². The van der Waals surface area contributed by atoms with Gasteiger partial charge in [0.05, 0.1) is 0 Å².